The second-order valence-electron chi connectivity index (χ2n) is 6.86. The maximum absolute atomic E-state index is 11.7. The number of rotatable bonds is 3. The highest BCUT2D eigenvalue weighted by Gasteiger charge is 2.50. The fourth-order valence-electron chi connectivity index (χ4n) is 4.18. The van der Waals surface area contributed by atoms with Crippen LogP contribution in [-0.2, 0) is 9.53 Å². The molecule has 0 saturated heterocycles. The lowest BCUT2D eigenvalue weighted by molar-refractivity contribution is -0.125. The molecule has 0 amide bonds. The summed E-state index contributed by atoms with van der Waals surface area (Å²) in [4.78, 5) is 11.7. The van der Waals surface area contributed by atoms with Gasteiger partial charge in [0.1, 0.15) is 6.29 Å². The fraction of sp³-hybridized carbons (Fsp3) is 0.933. The van der Waals surface area contributed by atoms with Crippen molar-refractivity contribution in [2.75, 3.05) is 7.11 Å². The first-order valence-corrected chi connectivity index (χ1v) is 7.02. The van der Waals surface area contributed by atoms with Gasteiger partial charge in [-0.05, 0) is 43.4 Å². The Morgan fingerprint density at radius 3 is 2.41 bits per heavy atom. The molecule has 0 aromatic carbocycles. The molecule has 3 atom stereocenters. The average molecular weight is 238 g/mol. The smallest absolute Gasteiger partial charge is 0.126 e. The van der Waals surface area contributed by atoms with Crippen molar-refractivity contribution in [2.45, 2.75) is 64.9 Å². The fourth-order valence-corrected chi connectivity index (χ4v) is 4.18. The Hall–Kier alpha value is -0.370. The highest BCUT2D eigenvalue weighted by molar-refractivity contribution is 5.61. The first-order valence-electron chi connectivity index (χ1n) is 7.02. The van der Waals surface area contributed by atoms with E-state index in [2.05, 4.69) is 13.8 Å². The third-order valence-electron chi connectivity index (χ3n) is 5.05. The Balaban J connectivity index is 2.19. The van der Waals surface area contributed by atoms with Gasteiger partial charge >= 0.3 is 0 Å². The Kier molecular flexibility index (Phi) is 3.63. The molecule has 0 bridgehead atoms. The maximum atomic E-state index is 11.7. The minimum absolute atomic E-state index is 0.0927. The summed E-state index contributed by atoms with van der Waals surface area (Å²) >= 11 is 0. The van der Waals surface area contributed by atoms with Crippen LogP contribution in [0.25, 0.3) is 0 Å². The number of hydrogen-bond acceptors (Lipinski definition) is 2. The van der Waals surface area contributed by atoms with E-state index in [1.54, 1.807) is 0 Å². The molecule has 0 spiro atoms. The Morgan fingerprint density at radius 1 is 1.18 bits per heavy atom. The van der Waals surface area contributed by atoms with Crippen LogP contribution in [0, 0.1) is 16.7 Å². The van der Waals surface area contributed by atoms with E-state index in [9.17, 15) is 4.79 Å². The maximum Gasteiger partial charge on any atom is 0.126 e. The van der Waals surface area contributed by atoms with Crippen molar-refractivity contribution in [1.82, 2.24) is 0 Å². The molecule has 0 aromatic heterocycles. The van der Waals surface area contributed by atoms with E-state index in [0.29, 0.717) is 17.4 Å². The third kappa shape index (κ3) is 2.42. The van der Waals surface area contributed by atoms with Gasteiger partial charge in [-0.1, -0.05) is 26.7 Å². The van der Waals surface area contributed by atoms with Crippen molar-refractivity contribution < 1.29 is 9.53 Å². The van der Waals surface area contributed by atoms with E-state index < -0.39 is 0 Å². The lowest BCUT2D eigenvalue weighted by Gasteiger charge is -2.41. The largest absolute Gasteiger partial charge is 0.381 e. The molecule has 0 aliphatic heterocycles. The molecule has 2 fully saturated rings. The van der Waals surface area contributed by atoms with Gasteiger partial charge in [0.15, 0.2) is 0 Å². The molecule has 17 heavy (non-hydrogen) atoms. The number of carbonyl (C=O) groups is 1. The summed E-state index contributed by atoms with van der Waals surface area (Å²) in [6.45, 7) is 4.59. The van der Waals surface area contributed by atoms with Crippen LogP contribution in [0.4, 0.5) is 0 Å². The zero-order valence-corrected chi connectivity index (χ0v) is 11.5. The van der Waals surface area contributed by atoms with Crippen molar-refractivity contribution in [3.8, 4) is 0 Å². The Bertz CT molecular complexity index is 285. The molecule has 0 N–H and O–H groups in total. The zero-order chi connectivity index (χ0) is 12.5. The lowest BCUT2D eigenvalue weighted by Crippen LogP contribution is -2.41. The van der Waals surface area contributed by atoms with Crippen LogP contribution in [-0.4, -0.2) is 19.5 Å². The lowest BCUT2D eigenvalue weighted by atomic mass is 9.66. The zero-order valence-electron chi connectivity index (χ0n) is 11.5. The van der Waals surface area contributed by atoms with Crippen molar-refractivity contribution >= 4 is 6.29 Å². The van der Waals surface area contributed by atoms with Crippen LogP contribution in [0.15, 0.2) is 0 Å². The van der Waals surface area contributed by atoms with Gasteiger partial charge in [-0.3, -0.25) is 0 Å². The normalized spacial score (nSPS) is 41.4. The molecule has 2 nitrogen and oxygen atoms in total. The van der Waals surface area contributed by atoms with E-state index in [1.807, 2.05) is 7.11 Å². The standard InChI is InChI=1S/C15H26O2/c1-14(2)8-9-15(10-14,11-16)12-6-4-5-7-13(12)17-3/h11-13H,4-10H2,1-3H3/t12-,13-,15+/m1/s1. The van der Waals surface area contributed by atoms with Gasteiger partial charge in [0, 0.05) is 12.5 Å². The van der Waals surface area contributed by atoms with Crippen LogP contribution >= 0.6 is 0 Å². The summed E-state index contributed by atoms with van der Waals surface area (Å²) in [5.41, 5.74) is 0.237. The number of carbonyl (C=O) groups excluding carboxylic acids is 1. The summed E-state index contributed by atoms with van der Waals surface area (Å²) in [6, 6.07) is 0. The van der Waals surface area contributed by atoms with Gasteiger partial charge < -0.3 is 9.53 Å². The van der Waals surface area contributed by atoms with Crippen LogP contribution in [0.3, 0.4) is 0 Å². The molecule has 2 rings (SSSR count). The van der Waals surface area contributed by atoms with Crippen LogP contribution in [0.5, 0.6) is 0 Å². The first-order chi connectivity index (χ1) is 8.03. The van der Waals surface area contributed by atoms with Gasteiger partial charge in [-0.15, -0.1) is 0 Å². The summed E-state index contributed by atoms with van der Waals surface area (Å²) in [5.74, 6) is 0.459. The quantitative estimate of drug-likeness (QED) is 0.702. The predicted octanol–water partition coefficient (Wildman–Crippen LogP) is 3.59. The number of aldehydes is 1. The summed E-state index contributed by atoms with van der Waals surface area (Å²) in [5, 5.41) is 0. The molecule has 2 aliphatic carbocycles. The molecule has 0 radical (unpaired) electrons. The van der Waals surface area contributed by atoms with Gasteiger partial charge in [-0.25, -0.2) is 0 Å². The number of ether oxygens (including phenoxy) is 1. The van der Waals surface area contributed by atoms with Gasteiger partial charge in [-0.2, -0.15) is 0 Å². The van der Waals surface area contributed by atoms with E-state index in [-0.39, 0.29) is 5.41 Å². The predicted molar refractivity (Wildman–Crippen MR) is 68.9 cm³/mol. The Labute approximate surface area is 105 Å². The molecular weight excluding hydrogens is 212 g/mol. The highest BCUT2D eigenvalue weighted by atomic mass is 16.5. The summed E-state index contributed by atoms with van der Waals surface area (Å²) in [6.07, 6.45) is 9.70. The molecule has 2 heteroatoms. The monoisotopic (exact) mass is 238 g/mol. The topological polar surface area (TPSA) is 26.3 Å². The van der Waals surface area contributed by atoms with E-state index in [1.165, 1.54) is 32.0 Å². The highest BCUT2D eigenvalue weighted by Crippen LogP contribution is 2.55. The molecule has 2 aliphatic rings. The Morgan fingerprint density at radius 2 is 1.88 bits per heavy atom. The van der Waals surface area contributed by atoms with Crippen molar-refractivity contribution in [2.24, 2.45) is 16.7 Å². The molecule has 0 heterocycles. The van der Waals surface area contributed by atoms with Crippen molar-refractivity contribution in [3.05, 3.63) is 0 Å². The van der Waals surface area contributed by atoms with E-state index in [4.69, 9.17) is 4.74 Å². The second kappa shape index (κ2) is 4.72. The van der Waals surface area contributed by atoms with Gasteiger partial charge in [0.2, 0.25) is 0 Å². The van der Waals surface area contributed by atoms with Crippen LogP contribution < -0.4 is 0 Å². The SMILES string of the molecule is CO[C@@H]1CCCC[C@H]1[C@@]1(C=O)CCC(C)(C)C1. The summed E-state index contributed by atoms with van der Waals surface area (Å²) < 4.78 is 5.65. The minimum Gasteiger partial charge on any atom is -0.381 e. The molecule has 2 saturated carbocycles. The van der Waals surface area contributed by atoms with Crippen LogP contribution in [0.1, 0.15) is 58.8 Å². The van der Waals surface area contributed by atoms with Crippen molar-refractivity contribution in [1.29, 1.82) is 0 Å². The summed E-state index contributed by atoms with van der Waals surface area (Å²) in [7, 11) is 1.81. The van der Waals surface area contributed by atoms with Crippen molar-refractivity contribution in [3.63, 3.8) is 0 Å². The third-order valence-corrected chi connectivity index (χ3v) is 5.05. The molecular formula is C15H26O2. The minimum atomic E-state index is -0.0927. The number of methoxy groups -OCH3 is 1. The molecule has 98 valence electrons. The number of hydrogen-bond donors (Lipinski definition) is 0. The second-order valence-corrected chi connectivity index (χ2v) is 6.86. The average Bonchev–Trinajstić information content (AvgIpc) is 2.66. The molecule has 0 aromatic rings. The van der Waals surface area contributed by atoms with Gasteiger partial charge in [0.05, 0.1) is 6.10 Å². The first kappa shape index (κ1) is 13.1. The van der Waals surface area contributed by atoms with Crippen LogP contribution in [0.2, 0.25) is 0 Å². The molecule has 0 unspecified atom stereocenters. The van der Waals surface area contributed by atoms with Gasteiger partial charge in [0.25, 0.3) is 0 Å². The van der Waals surface area contributed by atoms with E-state index in [0.717, 1.165) is 19.3 Å². The van der Waals surface area contributed by atoms with E-state index >= 15 is 0 Å².